The molecule has 0 saturated carbocycles. The third kappa shape index (κ3) is 4.05. The molecule has 3 nitrogen and oxygen atoms in total. The van der Waals surface area contributed by atoms with Crippen molar-refractivity contribution >= 4 is 5.91 Å². The van der Waals surface area contributed by atoms with Gasteiger partial charge in [0, 0.05) is 12.7 Å². The maximum atomic E-state index is 12.2. The summed E-state index contributed by atoms with van der Waals surface area (Å²) in [5, 5.41) is 2.60. The third-order valence-electron chi connectivity index (χ3n) is 2.13. The topological polar surface area (TPSA) is 42.0 Å². The molecule has 0 radical (unpaired) electrons. The first-order valence-corrected chi connectivity index (χ1v) is 5.26. The minimum absolute atomic E-state index is 0.133. The number of hydrogen-bond acceptors (Lipinski definition) is 2. The highest BCUT2D eigenvalue weighted by Crippen LogP contribution is 2.27. The zero-order valence-corrected chi connectivity index (χ0v) is 9.34. The second-order valence-corrected chi connectivity index (χ2v) is 3.54. The highest BCUT2D eigenvalue weighted by Gasteiger charge is 2.32. The second kappa shape index (κ2) is 5.65. The molecule has 1 N–H and O–H groups in total. The lowest BCUT2D eigenvalue weighted by Gasteiger charge is -2.07. The minimum Gasteiger partial charge on any atom is -0.352 e. The Morgan fingerprint density at radius 1 is 1.41 bits per heavy atom. The van der Waals surface area contributed by atoms with E-state index in [9.17, 15) is 18.0 Å². The molecule has 0 unspecified atom stereocenters. The lowest BCUT2D eigenvalue weighted by atomic mass is 10.2. The number of nitrogens with zero attached hydrogens (tertiary/aromatic N) is 1. The average molecular weight is 246 g/mol. The summed E-state index contributed by atoms with van der Waals surface area (Å²) in [5.74, 6) is -0.403. The van der Waals surface area contributed by atoms with Crippen molar-refractivity contribution in [3.63, 3.8) is 0 Å². The van der Waals surface area contributed by atoms with Gasteiger partial charge in [0.1, 0.15) is 5.69 Å². The fourth-order valence-corrected chi connectivity index (χ4v) is 1.18. The summed E-state index contributed by atoms with van der Waals surface area (Å²) in [6, 6.07) is 1.92. The maximum absolute atomic E-state index is 12.2. The molecule has 0 aliphatic carbocycles. The van der Waals surface area contributed by atoms with Crippen LogP contribution in [0.25, 0.3) is 0 Å². The Kier molecular flexibility index (Phi) is 4.48. The van der Waals surface area contributed by atoms with Gasteiger partial charge in [0.05, 0.1) is 5.56 Å². The molecule has 94 valence electrons. The molecule has 0 bridgehead atoms. The normalized spacial score (nSPS) is 11.3. The third-order valence-corrected chi connectivity index (χ3v) is 2.13. The quantitative estimate of drug-likeness (QED) is 0.830. The number of rotatable bonds is 4. The van der Waals surface area contributed by atoms with Gasteiger partial charge in [-0.25, -0.2) is 0 Å². The van der Waals surface area contributed by atoms with E-state index in [1.165, 1.54) is 0 Å². The number of alkyl halides is 3. The van der Waals surface area contributed by atoms with Crippen LogP contribution in [0.4, 0.5) is 13.2 Å². The predicted molar refractivity (Wildman–Crippen MR) is 56.5 cm³/mol. The molecule has 0 aliphatic rings. The van der Waals surface area contributed by atoms with Gasteiger partial charge in [-0.15, -0.1) is 0 Å². The molecule has 1 aromatic heterocycles. The lowest BCUT2D eigenvalue weighted by Crippen LogP contribution is -2.24. The molecule has 0 atom stereocenters. The Balaban J connectivity index is 2.64. The fourth-order valence-electron chi connectivity index (χ4n) is 1.18. The molecule has 0 saturated heterocycles. The zero-order valence-electron chi connectivity index (χ0n) is 9.34. The van der Waals surface area contributed by atoms with Crippen molar-refractivity contribution in [1.29, 1.82) is 0 Å². The number of aromatic nitrogens is 1. The summed E-state index contributed by atoms with van der Waals surface area (Å²) < 4.78 is 36.6. The fraction of sp³-hybridized carbons (Fsp3) is 0.455. The molecule has 0 aliphatic heterocycles. The Morgan fingerprint density at radius 2 is 2.12 bits per heavy atom. The maximum Gasteiger partial charge on any atom is 0.433 e. The van der Waals surface area contributed by atoms with E-state index in [-0.39, 0.29) is 5.56 Å². The number of amides is 1. The SMILES string of the molecule is CCCCNC(=O)c1ccc(C(F)(F)F)nc1. The van der Waals surface area contributed by atoms with E-state index < -0.39 is 17.8 Å². The van der Waals surface area contributed by atoms with E-state index in [2.05, 4.69) is 10.3 Å². The monoisotopic (exact) mass is 246 g/mol. The van der Waals surface area contributed by atoms with E-state index in [1.54, 1.807) is 0 Å². The van der Waals surface area contributed by atoms with Gasteiger partial charge in [0.2, 0.25) is 0 Å². The number of hydrogen-bond donors (Lipinski definition) is 1. The number of carbonyl (C=O) groups excluding carboxylic acids is 1. The van der Waals surface area contributed by atoms with Crippen molar-refractivity contribution in [1.82, 2.24) is 10.3 Å². The Morgan fingerprint density at radius 3 is 2.59 bits per heavy atom. The van der Waals surface area contributed by atoms with Gasteiger partial charge < -0.3 is 5.32 Å². The Hall–Kier alpha value is -1.59. The zero-order chi connectivity index (χ0) is 12.9. The molecular formula is C11H13F3N2O. The largest absolute Gasteiger partial charge is 0.433 e. The molecule has 1 amide bonds. The Bertz CT molecular complexity index is 373. The van der Waals surface area contributed by atoms with Crippen molar-refractivity contribution in [2.24, 2.45) is 0 Å². The van der Waals surface area contributed by atoms with Crippen LogP contribution in [-0.4, -0.2) is 17.4 Å². The number of unbranched alkanes of at least 4 members (excludes halogenated alkanes) is 1. The van der Waals surface area contributed by atoms with Crippen molar-refractivity contribution in [3.05, 3.63) is 29.6 Å². The van der Waals surface area contributed by atoms with Crippen LogP contribution in [0.1, 0.15) is 35.8 Å². The van der Waals surface area contributed by atoms with Crippen molar-refractivity contribution in [2.45, 2.75) is 25.9 Å². The molecule has 0 fully saturated rings. The van der Waals surface area contributed by atoms with Crippen LogP contribution in [-0.2, 0) is 6.18 Å². The van der Waals surface area contributed by atoms with Crippen LogP contribution in [0.15, 0.2) is 18.3 Å². The number of carbonyl (C=O) groups is 1. The van der Waals surface area contributed by atoms with E-state index >= 15 is 0 Å². The first-order valence-electron chi connectivity index (χ1n) is 5.26. The molecule has 0 aromatic carbocycles. The standard InChI is InChI=1S/C11H13F3N2O/c1-2-3-6-15-10(17)8-4-5-9(16-7-8)11(12,13)14/h4-5,7H,2-3,6H2,1H3,(H,15,17). The van der Waals surface area contributed by atoms with Gasteiger partial charge >= 0.3 is 6.18 Å². The Labute approximate surface area is 97.0 Å². The second-order valence-electron chi connectivity index (χ2n) is 3.54. The van der Waals surface area contributed by atoms with E-state index in [0.29, 0.717) is 6.54 Å². The molecule has 17 heavy (non-hydrogen) atoms. The highest BCUT2D eigenvalue weighted by molar-refractivity contribution is 5.93. The summed E-state index contributed by atoms with van der Waals surface area (Å²) in [7, 11) is 0. The van der Waals surface area contributed by atoms with Gasteiger partial charge in [0.15, 0.2) is 0 Å². The van der Waals surface area contributed by atoms with Gasteiger partial charge in [-0.2, -0.15) is 13.2 Å². The average Bonchev–Trinajstić information content (AvgIpc) is 2.28. The first kappa shape index (κ1) is 13.5. The van der Waals surface area contributed by atoms with Gasteiger partial charge in [-0.3, -0.25) is 9.78 Å². The van der Waals surface area contributed by atoms with E-state index in [0.717, 1.165) is 31.2 Å². The summed E-state index contributed by atoms with van der Waals surface area (Å²) in [6.07, 6.45) is -1.77. The van der Waals surface area contributed by atoms with E-state index in [4.69, 9.17) is 0 Å². The van der Waals surface area contributed by atoms with Crippen LogP contribution in [0.2, 0.25) is 0 Å². The molecule has 1 rings (SSSR count). The van der Waals surface area contributed by atoms with Gasteiger partial charge in [0.25, 0.3) is 5.91 Å². The van der Waals surface area contributed by atoms with Crippen LogP contribution >= 0.6 is 0 Å². The summed E-state index contributed by atoms with van der Waals surface area (Å²) in [6.45, 7) is 2.49. The first-order chi connectivity index (χ1) is 7.95. The summed E-state index contributed by atoms with van der Waals surface area (Å²) >= 11 is 0. The van der Waals surface area contributed by atoms with Crippen molar-refractivity contribution in [3.8, 4) is 0 Å². The summed E-state index contributed by atoms with van der Waals surface area (Å²) in [5.41, 5.74) is -0.864. The highest BCUT2D eigenvalue weighted by atomic mass is 19.4. The van der Waals surface area contributed by atoms with Crippen LogP contribution in [0.5, 0.6) is 0 Å². The molecule has 6 heteroatoms. The smallest absolute Gasteiger partial charge is 0.352 e. The van der Waals surface area contributed by atoms with Crippen LogP contribution < -0.4 is 5.32 Å². The van der Waals surface area contributed by atoms with Crippen molar-refractivity contribution in [2.75, 3.05) is 6.54 Å². The number of halogens is 3. The van der Waals surface area contributed by atoms with Crippen molar-refractivity contribution < 1.29 is 18.0 Å². The predicted octanol–water partition coefficient (Wildman–Crippen LogP) is 2.63. The molecular weight excluding hydrogens is 233 g/mol. The summed E-state index contributed by atoms with van der Waals surface area (Å²) in [4.78, 5) is 14.7. The molecule has 0 spiro atoms. The lowest BCUT2D eigenvalue weighted by molar-refractivity contribution is -0.141. The van der Waals surface area contributed by atoms with Crippen LogP contribution in [0.3, 0.4) is 0 Å². The van der Waals surface area contributed by atoms with Gasteiger partial charge in [-0.05, 0) is 18.6 Å². The van der Waals surface area contributed by atoms with Crippen LogP contribution in [0, 0.1) is 0 Å². The molecule has 1 aromatic rings. The number of pyridine rings is 1. The minimum atomic E-state index is -4.47. The van der Waals surface area contributed by atoms with E-state index in [1.807, 2.05) is 6.92 Å². The molecule has 1 heterocycles. The van der Waals surface area contributed by atoms with Gasteiger partial charge in [-0.1, -0.05) is 13.3 Å². The number of nitrogens with one attached hydrogen (secondary N) is 1.